The third kappa shape index (κ3) is 4.99. The van der Waals surface area contributed by atoms with Gasteiger partial charge >= 0.3 is 0 Å². The van der Waals surface area contributed by atoms with Crippen LogP contribution in [-0.4, -0.2) is 13.7 Å². The molecule has 21 heavy (non-hydrogen) atoms. The normalized spacial score (nSPS) is 11.0. The molecule has 0 aliphatic rings. The molecule has 0 bridgehead atoms. The van der Waals surface area contributed by atoms with E-state index in [1.54, 1.807) is 0 Å². The van der Waals surface area contributed by atoms with Crippen molar-refractivity contribution < 1.29 is 4.74 Å². The van der Waals surface area contributed by atoms with E-state index in [0.717, 1.165) is 21.2 Å². The highest BCUT2D eigenvalue weighted by atomic mass is 79.9. The third-order valence-electron chi connectivity index (χ3n) is 2.87. The Balaban J connectivity index is 1.99. The lowest BCUT2D eigenvalue weighted by atomic mass is 10.2. The van der Waals surface area contributed by atoms with Gasteiger partial charge in [-0.1, -0.05) is 36.4 Å². The van der Waals surface area contributed by atoms with Gasteiger partial charge < -0.3 is 10.1 Å². The van der Waals surface area contributed by atoms with Gasteiger partial charge in [0.05, 0.1) is 8.95 Å². The van der Waals surface area contributed by atoms with E-state index < -0.39 is 0 Å². The summed E-state index contributed by atoms with van der Waals surface area (Å²) in [7, 11) is 1.93. The average molecular weight is 411 g/mol. The fourth-order valence-electron chi connectivity index (χ4n) is 1.94. The van der Waals surface area contributed by atoms with Gasteiger partial charge in [0.25, 0.3) is 0 Å². The van der Waals surface area contributed by atoms with Crippen LogP contribution in [0.5, 0.6) is 5.75 Å². The van der Waals surface area contributed by atoms with Crippen LogP contribution < -0.4 is 10.1 Å². The molecule has 0 radical (unpaired) electrons. The Kier molecular flexibility index (Phi) is 6.49. The van der Waals surface area contributed by atoms with Gasteiger partial charge in [-0.2, -0.15) is 0 Å². The predicted octanol–water partition coefficient (Wildman–Crippen LogP) is 5.02. The lowest BCUT2D eigenvalue weighted by molar-refractivity contribution is 0.359. The van der Waals surface area contributed by atoms with Gasteiger partial charge in [0.1, 0.15) is 12.4 Å². The second-order valence-corrected chi connectivity index (χ2v) is 6.25. The molecule has 0 unspecified atom stereocenters. The maximum atomic E-state index is 5.82. The van der Waals surface area contributed by atoms with Gasteiger partial charge in [-0.15, -0.1) is 0 Å². The van der Waals surface area contributed by atoms with Gasteiger partial charge in [0, 0.05) is 6.54 Å². The number of benzene rings is 2. The van der Waals surface area contributed by atoms with E-state index in [-0.39, 0.29) is 0 Å². The molecule has 1 N–H and O–H groups in total. The molecule has 110 valence electrons. The zero-order chi connectivity index (χ0) is 15.1. The lowest BCUT2D eigenvalue weighted by Crippen LogP contribution is -2.05. The molecule has 2 nitrogen and oxygen atoms in total. The molecule has 0 heterocycles. The van der Waals surface area contributed by atoms with Crippen molar-refractivity contribution >= 4 is 37.9 Å². The van der Waals surface area contributed by atoms with Gasteiger partial charge in [-0.3, -0.25) is 0 Å². The molecule has 2 aromatic rings. The summed E-state index contributed by atoms with van der Waals surface area (Å²) in [5.41, 5.74) is 2.37. The van der Waals surface area contributed by atoms with Crippen molar-refractivity contribution in [3.8, 4) is 5.75 Å². The Morgan fingerprint density at radius 3 is 2.38 bits per heavy atom. The van der Waals surface area contributed by atoms with E-state index in [4.69, 9.17) is 4.74 Å². The quantitative estimate of drug-likeness (QED) is 0.721. The summed E-state index contributed by atoms with van der Waals surface area (Å²) >= 11 is 7.12. The highest BCUT2D eigenvalue weighted by Gasteiger charge is 2.08. The van der Waals surface area contributed by atoms with Gasteiger partial charge in [0.2, 0.25) is 0 Å². The summed E-state index contributed by atoms with van der Waals surface area (Å²) in [5.74, 6) is 0.826. The number of halogens is 2. The third-order valence-corrected chi connectivity index (χ3v) is 4.05. The number of hydrogen-bond donors (Lipinski definition) is 1. The first-order chi connectivity index (χ1) is 10.2. The van der Waals surface area contributed by atoms with Gasteiger partial charge in [0.15, 0.2) is 0 Å². The molecular weight excluding hydrogens is 394 g/mol. The van der Waals surface area contributed by atoms with Crippen LogP contribution in [0.25, 0.3) is 6.08 Å². The first-order valence-corrected chi connectivity index (χ1v) is 8.26. The first-order valence-electron chi connectivity index (χ1n) is 6.67. The largest absolute Gasteiger partial charge is 0.487 e. The minimum absolute atomic E-state index is 0.525. The van der Waals surface area contributed by atoms with E-state index >= 15 is 0 Å². The SMILES string of the molecule is CNCc1cc(Br)c(OC/C=C/c2ccccc2)c(Br)c1. The van der Waals surface area contributed by atoms with Crippen molar-refractivity contribution in [1.82, 2.24) is 5.32 Å². The summed E-state index contributed by atoms with van der Waals surface area (Å²) in [5, 5.41) is 3.13. The van der Waals surface area contributed by atoms with E-state index in [1.807, 2.05) is 31.3 Å². The minimum atomic E-state index is 0.525. The molecule has 2 aromatic carbocycles. The topological polar surface area (TPSA) is 21.3 Å². The van der Waals surface area contributed by atoms with Crippen LogP contribution in [0.3, 0.4) is 0 Å². The van der Waals surface area contributed by atoms with Crippen LogP contribution in [0.1, 0.15) is 11.1 Å². The van der Waals surface area contributed by atoms with Crippen molar-refractivity contribution in [1.29, 1.82) is 0 Å². The fraction of sp³-hybridized carbons (Fsp3) is 0.176. The molecule has 0 spiro atoms. The Morgan fingerprint density at radius 1 is 1.10 bits per heavy atom. The van der Waals surface area contributed by atoms with Gasteiger partial charge in [-0.25, -0.2) is 0 Å². The zero-order valence-corrected chi connectivity index (χ0v) is 14.9. The van der Waals surface area contributed by atoms with E-state index in [0.29, 0.717) is 6.61 Å². The average Bonchev–Trinajstić information content (AvgIpc) is 2.47. The van der Waals surface area contributed by atoms with Crippen LogP contribution in [-0.2, 0) is 6.54 Å². The lowest BCUT2D eigenvalue weighted by Gasteiger charge is -2.11. The Bertz CT molecular complexity index is 588. The van der Waals surface area contributed by atoms with Crippen molar-refractivity contribution in [3.05, 3.63) is 68.6 Å². The molecule has 0 amide bonds. The molecule has 2 rings (SSSR count). The van der Waals surface area contributed by atoms with Gasteiger partial charge in [-0.05, 0) is 68.2 Å². The first kappa shape index (κ1) is 16.3. The minimum Gasteiger partial charge on any atom is -0.487 e. The van der Waals surface area contributed by atoms with Crippen LogP contribution in [0.2, 0.25) is 0 Å². The molecule has 0 atom stereocenters. The summed E-state index contributed by atoms with van der Waals surface area (Å²) in [6.45, 7) is 1.35. The Hall–Kier alpha value is -1.10. The van der Waals surface area contributed by atoms with Crippen molar-refractivity contribution in [2.45, 2.75) is 6.54 Å². The highest BCUT2D eigenvalue weighted by molar-refractivity contribution is 9.11. The number of nitrogens with one attached hydrogen (secondary N) is 1. The predicted molar refractivity (Wildman–Crippen MR) is 95.6 cm³/mol. The van der Waals surface area contributed by atoms with Crippen LogP contribution in [0.4, 0.5) is 0 Å². The fourth-order valence-corrected chi connectivity index (χ4v) is 3.45. The van der Waals surface area contributed by atoms with Crippen LogP contribution >= 0.6 is 31.9 Å². The summed E-state index contributed by atoms with van der Waals surface area (Å²) in [6, 6.07) is 14.3. The Morgan fingerprint density at radius 2 is 1.76 bits per heavy atom. The maximum Gasteiger partial charge on any atom is 0.148 e. The number of hydrogen-bond acceptors (Lipinski definition) is 2. The highest BCUT2D eigenvalue weighted by Crippen LogP contribution is 2.34. The molecule has 0 saturated carbocycles. The molecule has 0 fully saturated rings. The van der Waals surface area contributed by atoms with Crippen molar-refractivity contribution in [2.75, 3.05) is 13.7 Å². The second kappa shape index (κ2) is 8.37. The van der Waals surface area contributed by atoms with Crippen molar-refractivity contribution in [3.63, 3.8) is 0 Å². The molecule has 0 saturated heterocycles. The number of rotatable bonds is 6. The van der Waals surface area contributed by atoms with E-state index in [1.165, 1.54) is 11.1 Å². The second-order valence-electron chi connectivity index (χ2n) is 4.54. The van der Waals surface area contributed by atoms with E-state index in [2.05, 4.69) is 67.5 Å². The molecule has 0 aliphatic carbocycles. The van der Waals surface area contributed by atoms with Crippen molar-refractivity contribution in [2.24, 2.45) is 0 Å². The summed E-state index contributed by atoms with van der Waals surface area (Å²) in [6.07, 6.45) is 4.06. The molecule has 0 aliphatic heterocycles. The maximum absolute atomic E-state index is 5.82. The summed E-state index contributed by atoms with van der Waals surface area (Å²) < 4.78 is 7.73. The van der Waals surface area contributed by atoms with Crippen LogP contribution in [0, 0.1) is 0 Å². The number of ether oxygens (including phenoxy) is 1. The smallest absolute Gasteiger partial charge is 0.148 e. The Labute approximate surface area is 142 Å². The monoisotopic (exact) mass is 409 g/mol. The van der Waals surface area contributed by atoms with E-state index in [9.17, 15) is 0 Å². The van der Waals surface area contributed by atoms with Crippen LogP contribution in [0.15, 0.2) is 57.5 Å². The molecule has 4 heteroatoms. The molecular formula is C17H17Br2NO. The molecule has 0 aromatic heterocycles. The zero-order valence-electron chi connectivity index (χ0n) is 11.8. The summed E-state index contributed by atoms with van der Waals surface area (Å²) in [4.78, 5) is 0. The standard InChI is InChI=1S/C17H17Br2NO/c1-20-12-14-10-15(18)17(16(19)11-14)21-9-5-8-13-6-3-2-4-7-13/h2-8,10-11,20H,9,12H2,1H3/b8-5+.